The number of aryl methyl sites for hydroxylation is 2. The van der Waals surface area contributed by atoms with Crippen molar-refractivity contribution in [1.82, 2.24) is 5.32 Å². The second-order valence-electron chi connectivity index (χ2n) is 5.20. The summed E-state index contributed by atoms with van der Waals surface area (Å²) in [5, 5.41) is 5.27. The Balaban J connectivity index is 1.72. The Bertz CT molecular complexity index is 588. The molecule has 0 saturated carbocycles. The minimum absolute atomic E-state index is 0.538. The Labute approximate surface area is 130 Å². The van der Waals surface area contributed by atoms with Crippen LogP contribution in [0.4, 0.5) is 0 Å². The van der Waals surface area contributed by atoms with Gasteiger partial charge in [0.1, 0.15) is 0 Å². The van der Waals surface area contributed by atoms with E-state index in [1.165, 1.54) is 21.6 Å². The van der Waals surface area contributed by atoms with Gasteiger partial charge < -0.3 is 11.1 Å². The monoisotopic (exact) mass is 301 g/mol. The molecule has 1 aromatic carbocycles. The maximum absolute atomic E-state index is 5.88. The molecule has 0 bridgehead atoms. The van der Waals surface area contributed by atoms with E-state index >= 15 is 0 Å². The first kappa shape index (κ1) is 15.6. The van der Waals surface area contributed by atoms with Crippen LogP contribution in [0.2, 0.25) is 0 Å². The molecule has 2 rings (SSSR count). The summed E-state index contributed by atoms with van der Waals surface area (Å²) in [5.74, 6) is 0.538. The topological polar surface area (TPSA) is 50.4 Å². The highest BCUT2D eigenvalue weighted by atomic mass is 32.1. The SMILES string of the molecule is Cc1ccc(CCNC(N)=NCCc2cccs2)c(C)c1. The summed E-state index contributed by atoms with van der Waals surface area (Å²) < 4.78 is 0. The average molecular weight is 301 g/mol. The molecular formula is C17H23N3S. The molecule has 0 aliphatic heterocycles. The smallest absolute Gasteiger partial charge is 0.188 e. The third kappa shape index (κ3) is 5.23. The number of benzene rings is 1. The van der Waals surface area contributed by atoms with Gasteiger partial charge in [-0.1, -0.05) is 29.8 Å². The second kappa shape index (κ2) is 7.84. The Morgan fingerprint density at radius 3 is 2.81 bits per heavy atom. The molecule has 3 N–H and O–H groups in total. The molecule has 0 unspecified atom stereocenters. The van der Waals surface area contributed by atoms with Gasteiger partial charge in [-0.15, -0.1) is 11.3 Å². The lowest BCUT2D eigenvalue weighted by Crippen LogP contribution is -2.33. The maximum atomic E-state index is 5.88. The number of guanidine groups is 1. The summed E-state index contributed by atoms with van der Waals surface area (Å²) in [7, 11) is 0. The molecule has 3 nitrogen and oxygen atoms in total. The minimum Gasteiger partial charge on any atom is -0.370 e. The van der Waals surface area contributed by atoms with E-state index < -0.39 is 0 Å². The summed E-state index contributed by atoms with van der Waals surface area (Å²) in [6.45, 7) is 5.83. The number of nitrogens with zero attached hydrogens (tertiary/aromatic N) is 1. The maximum Gasteiger partial charge on any atom is 0.188 e. The molecule has 0 atom stereocenters. The quantitative estimate of drug-likeness (QED) is 0.636. The van der Waals surface area contributed by atoms with E-state index in [9.17, 15) is 0 Å². The van der Waals surface area contributed by atoms with Gasteiger partial charge in [-0.3, -0.25) is 4.99 Å². The predicted octanol–water partition coefficient (Wildman–Crippen LogP) is 3.05. The molecule has 0 spiro atoms. The van der Waals surface area contributed by atoms with Crippen LogP contribution >= 0.6 is 11.3 Å². The Kier molecular flexibility index (Phi) is 5.81. The lowest BCUT2D eigenvalue weighted by atomic mass is 10.0. The van der Waals surface area contributed by atoms with Crippen LogP contribution < -0.4 is 11.1 Å². The molecule has 2 aromatic rings. The number of nitrogens with two attached hydrogens (primary N) is 1. The van der Waals surface area contributed by atoms with Crippen LogP contribution in [-0.2, 0) is 12.8 Å². The van der Waals surface area contributed by atoms with E-state index in [2.05, 4.69) is 59.9 Å². The summed E-state index contributed by atoms with van der Waals surface area (Å²) in [6, 6.07) is 10.8. The highest BCUT2D eigenvalue weighted by Gasteiger charge is 1.99. The van der Waals surface area contributed by atoms with Gasteiger partial charge in [0.15, 0.2) is 5.96 Å². The highest BCUT2D eigenvalue weighted by molar-refractivity contribution is 7.09. The zero-order valence-electron chi connectivity index (χ0n) is 12.7. The molecule has 0 amide bonds. The van der Waals surface area contributed by atoms with E-state index in [-0.39, 0.29) is 0 Å². The minimum atomic E-state index is 0.538. The first-order valence-electron chi connectivity index (χ1n) is 7.27. The van der Waals surface area contributed by atoms with Crippen LogP contribution in [0.15, 0.2) is 40.7 Å². The molecular weight excluding hydrogens is 278 g/mol. The number of rotatable bonds is 6. The van der Waals surface area contributed by atoms with Crippen LogP contribution in [0.1, 0.15) is 21.6 Å². The zero-order chi connectivity index (χ0) is 15.1. The fourth-order valence-electron chi connectivity index (χ4n) is 2.25. The Morgan fingerprint density at radius 2 is 2.10 bits per heavy atom. The van der Waals surface area contributed by atoms with Gasteiger partial charge in [-0.2, -0.15) is 0 Å². The third-order valence-corrected chi connectivity index (χ3v) is 4.36. The van der Waals surface area contributed by atoms with Gasteiger partial charge in [0.25, 0.3) is 0 Å². The summed E-state index contributed by atoms with van der Waals surface area (Å²) >= 11 is 1.76. The molecule has 0 aliphatic rings. The van der Waals surface area contributed by atoms with Gasteiger partial charge in [0, 0.05) is 24.4 Å². The Hall–Kier alpha value is -1.81. The molecule has 0 saturated heterocycles. The van der Waals surface area contributed by atoms with Crippen LogP contribution in [-0.4, -0.2) is 19.0 Å². The first-order valence-corrected chi connectivity index (χ1v) is 8.15. The second-order valence-corrected chi connectivity index (χ2v) is 6.24. The number of thiophene rings is 1. The van der Waals surface area contributed by atoms with Crippen LogP contribution in [0.25, 0.3) is 0 Å². The van der Waals surface area contributed by atoms with Crippen LogP contribution in [0, 0.1) is 13.8 Å². The van der Waals surface area contributed by atoms with Crippen molar-refractivity contribution in [3.63, 3.8) is 0 Å². The third-order valence-electron chi connectivity index (χ3n) is 3.42. The van der Waals surface area contributed by atoms with Gasteiger partial charge in [-0.05, 0) is 42.8 Å². The van der Waals surface area contributed by atoms with Gasteiger partial charge in [-0.25, -0.2) is 0 Å². The highest BCUT2D eigenvalue weighted by Crippen LogP contribution is 2.10. The molecule has 4 heteroatoms. The normalized spacial score (nSPS) is 11.6. The molecule has 112 valence electrons. The number of hydrogen-bond donors (Lipinski definition) is 2. The fourth-order valence-corrected chi connectivity index (χ4v) is 2.95. The molecule has 1 heterocycles. The Morgan fingerprint density at radius 1 is 1.24 bits per heavy atom. The molecule has 0 aliphatic carbocycles. The van der Waals surface area contributed by atoms with Crippen molar-refractivity contribution in [2.75, 3.05) is 13.1 Å². The van der Waals surface area contributed by atoms with E-state index in [1.54, 1.807) is 11.3 Å². The fraction of sp³-hybridized carbons (Fsp3) is 0.353. The van der Waals surface area contributed by atoms with Gasteiger partial charge in [0.2, 0.25) is 0 Å². The molecule has 0 fully saturated rings. The van der Waals surface area contributed by atoms with Gasteiger partial charge >= 0.3 is 0 Å². The summed E-state index contributed by atoms with van der Waals surface area (Å²) in [5.41, 5.74) is 9.88. The molecule has 1 aromatic heterocycles. The van der Waals surface area contributed by atoms with E-state index in [0.717, 1.165) is 25.9 Å². The van der Waals surface area contributed by atoms with Crippen molar-refractivity contribution in [3.8, 4) is 0 Å². The van der Waals surface area contributed by atoms with E-state index in [1.807, 2.05) is 0 Å². The lowest BCUT2D eigenvalue weighted by Gasteiger charge is -2.08. The average Bonchev–Trinajstić information content (AvgIpc) is 2.94. The first-order chi connectivity index (χ1) is 10.1. The largest absolute Gasteiger partial charge is 0.370 e. The van der Waals surface area contributed by atoms with E-state index in [0.29, 0.717) is 5.96 Å². The van der Waals surface area contributed by atoms with Crippen molar-refractivity contribution in [2.45, 2.75) is 26.7 Å². The van der Waals surface area contributed by atoms with Crippen LogP contribution in [0.3, 0.4) is 0 Å². The predicted molar refractivity (Wildman–Crippen MR) is 92.1 cm³/mol. The van der Waals surface area contributed by atoms with Gasteiger partial charge in [0.05, 0.1) is 0 Å². The number of hydrogen-bond acceptors (Lipinski definition) is 2. The van der Waals surface area contributed by atoms with Crippen molar-refractivity contribution in [1.29, 1.82) is 0 Å². The van der Waals surface area contributed by atoms with Crippen molar-refractivity contribution in [2.24, 2.45) is 10.7 Å². The van der Waals surface area contributed by atoms with Crippen molar-refractivity contribution >= 4 is 17.3 Å². The standard InChI is InChI=1S/C17H23N3S/c1-13-5-6-15(14(2)12-13)7-9-19-17(18)20-10-8-16-4-3-11-21-16/h3-6,11-12H,7-10H2,1-2H3,(H3,18,19,20). The van der Waals surface area contributed by atoms with Crippen LogP contribution in [0.5, 0.6) is 0 Å². The number of aliphatic imine (C=N–C) groups is 1. The number of nitrogens with one attached hydrogen (secondary N) is 1. The lowest BCUT2D eigenvalue weighted by molar-refractivity contribution is 0.841. The van der Waals surface area contributed by atoms with Crippen molar-refractivity contribution < 1.29 is 0 Å². The van der Waals surface area contributed by atoms with E-state index in [4.69, 9.17) is 5.73 Å². The van der Waals surface area contributed by atoms with Crippen molar-refractivity contribution in [3.05, 3.63) is 57.3 Å². The summed E-state index contributed by atoms with van der Waals surface area (Å²) in [4.78, 5) is 5.71. The summed E-state index contributed by atoms with van der Waals surface area (Å²) in [6.07, 6.45) is 1.92. The molecule has 0 radical (unpaired) electrons. The molecule has 21 heavy (non-hydrogen) atoms. The zero-order valence-corrected chi connectivity index (χ0v) is 13.5.